The van der Waals surface area contributed by atoms with E-state index < -0.39 is 11.9 Å². The number of carboxylic acid groups (broad SMARTS) is 2. The van der Waals surface area contributed by atoms with E-state index in [1.54, 1.807) is 0 Å². The minimum Gasteiger partial charge on any atom is -1.00 e. The number of aliphatic hydroxyl groups excluding tert-OH is 1. The Morgan fingerprint density at radius 2 is 1.09 bits per heavy atom. The SMILES string of the molecule is O=C(O)/C(=C(\C(=O)O)C1CCC(O)CC1)C1CCCC1.[H-].[H-].[Na+].[Na+]. The molecule has 2 aliphatic carbocycles. The van der Waals surface area contributed by atoms with E-state index in [1.165, 1.54) is 0 Å². The van der Waals surface area contributed by atoms with Crippen LogP contribution < -0.4 is 59.1 Å². The topological polar surface area (TPSA) is 94.8 Å². The Balaban J connectivity index is -0.00000110. The van der Waals surface area contributed by atoms with E-state index in [0.29, 0.717) is 25.7 Å². The fourth-order valence-corrected chi connectivity index (χ4v) is 3.60. The van der Waals surface area contributed by atoms with E-state index in [2.05, 4.69) is 0 Å². The molecule has 0 heterocycles. The molecule has 2 saturated carbocycles. The molecule has 0 amide bonds. The Kier molecular flexibility index (Phi) is 10.8. The predicted octanol–water partition coefficient (Wildman–Crippen LogP) is -3.57. The van der Waals surface area contributed by atoms with Gasteiger partial charge in [-0.2, -0.15) is 0 Å². The summed E-state index contributed by atoms with van der Waals surface area (Å²) in [4.78, 5) is 23.2. The van der Waals surface area contributed by atoms with Crippen LogP contribution in [-0.2, 0) is 9.59 Å². The number of aliphatic carboxylic acids is 2. The molecule has 0 aliphatic heterocycles. The molecule has 0 aromatic rings. The molecule has 3 N–H and O–H groups in total. The van der Waals surface area contributed by atoms with Crippen LogP contribution in [-0.4, -0.2) is 33.4 Å². The third-order valence-electron chi connectivity index (χ3n) is 4.62. The summed E-state index contributed by atoms with van der Waals surface area (Å²) in [5.74, 6) is -2.54. The number of aliphatic hydroxyl groups is 1. The zero-order valence-corrected chi connectivity index (χ0v) is 17.5. The average molecular weight is 330 g/mol. The number of carboxylic acids is 2. The summed E-state index contributed by atoms with van der Waals surface area (Å²) in [5.41, 5.74) is 0.215. The smallest absolute Gasteiger partial charge is 1.00 e. The molecule has 7 heteroatoms. The van der Waals surface area contributed by atoms with Crippen molar-refractivity contribution in [1.82, 2.24) is 0 Å². The van der Waals surface area contributed by atoms with Gasteiger partial charge in [0.1, 0.15) is 0 Å². The van der Waals surface area contributed by atoms with Crippen molar-refractivity contribution < 1.29 is 86.9 Å². The second kappa shape index (κ2) is 10.5. The summed E-state index contributed by atoms with van der Waals surface area (Å²) >= 11 is 0. The van der Waals surface area contributed by atoms with E-state index in [1.807, 2.05) is 0 Å². The summed E-state index contributed by atoms with van der Waals surface area (Å²) in [5, 5.41) is 28.5. The summed E-state index contributed by atoms with van der Waals surface area (Å²) < 4.78 is 0. The molecule has 0 spiro atoms. The average Bonchev–Trinajstić information content (AvgIpc) is 2.89. The Morgan fingerprint density at radius 1 is 0.727 bits per heavy atom. The van der Waals surface area contributed by atoms with Gasteiger partial charge in [-0.05, 0) is 50.4 Å². The fourth-order valence-electron chi connectivity index (χ4n) is 3.60. The van der Waals surface area contributed by atoms with Gasteiger partial charge in [0.05, 0.1) is 17.3 Å². The summed E-state index contributed by atoms with van der Waals surface area (Å²) in [6, 6.07) is 0. The van der Waals surface area contributed by atoms with E-state index in [0.717, 1.165) is 25.7 Å². The Hall–Kier alpha value is 0.640. The fraction of sp³-hybridized carbons (Fsp3) is 0.733. The third kappa shape index (κ3) is 5.62. The van der Waals surface area contributed by atoms with Crippen LogP contribution in [0.15, 0.2) is 11.1 Å². The molecule has 0 aromatic carbocycles. The number of hydrogen-bond donors (Lipinski definition) is 3. The van der Waals surface area contributed by atoms with E-state index in [9.17, 15) is 24.9 Å². The van der Waals surface area contributed by atoms with E-state index in [4.69, 9.17) is 0 Å². The number of carbonyl (C=O) groups is 2. The summed E-state index contributed by atoms with van der Waals surface area (Å²) in [6.07, 6.45) is 5.34. The molecule has 22 heavy (non-hydrogen) atoms. The molecule has 2 aliphatic rings. The van der Waals surface area contributed by atoms with Gasteiger partial charge in [0, 0.05) is 0 Å². The summed E-state index contributed by atoms with van der Waals surface area (Å²) in [7, 11) is 0. The van der Waals surface area contributed by atoms with Gasteiger partial charge in [-0.15, -0.1) is 0 Å². The van der Waals surface area contributed by atoms with Crippen LogP contribution in [0.5, 0.6) is 0 Å². The monoisotopic (exact) mass is 330 g/mol. The van der Waals surface area contributed by atoms with E-state index >= 15 is 0 Å². The third-order valence-corrected chi connectivity index (χ3v) is 4.62. The second-order valence-electron chi connectivity index (χ2n) is 5.92. The van der Waals surface area contributed by atoms with Gasteiger partial charge in [0.2, 0.25) is 0 Å². The van der Waals surface area contributed by atoms with Crippen molar-refractivity contribution >= 4 is 11.9 Å². The molecule has 2 fully saturated rings. The molecule has 0 radical (unpaired) electrons. The maximum Gasteiger partial charge on any atom is 1.00 e. The molecule has 0 atom stereocenters. The molecule has 0 unspecified atom stereocenters. The van der Waals surface area contributed by atoms with Crippen LogP contribution in [0.1, 0.15) is 54.2 Å². The Morgan fingerprint density at radius 3 is 1.45 bits per heavy atom. The number of hydrogen-bond acceptors (Lipinski definition) is 3. The van der Waals surface area contributed by atoms with Gasteiger partial charge in [-0.3, -0.25) is 0 Å². The molecular formula is C15H24Na2O5. The maximum absolute atomic E-state index is 11.6. The van der Waals surface area contributed by atoms with E-state index in [-0.39, 0.29) is 91.1 Å². The first-order chi connectivity index (χ1) is 9.50. The number of rotatable bonds is 4. The first-order valence-electron chi connectivity index (χ1n) is 7.39. The van der Waals surface area contributed by atoms with Gasteiger partial charge in [0.25, 0.3) is 0 Å². The van der Waals surface area contributed by atoms with Crippen LogP contribution in [0.4, 0.5) is 0 Å². The van der Waals surface area contributed by atoms with Crippen molar-refractivity contribution in [1.29, 1.82) is 0 Å². The molecule has 2 rings (SSSR count). The quantitative estimate of drug-likeness (QED) is 0.366. The largest absolute Gasteiger partial charge is 1.00 e. The van der Waals surface area contributed by atoms with Crippen molar-refractivity contribution in [2.75, 3.05) is 0 Å². The zero-order valence-electron chi connectivity index (χ0n) is 15.5. The molecule has 116 valence electrons. The van der Waals surface area contributed by atoms with Crippen LogP contribution in [0.3, 0.4) is 0 Å². The first kappa shape index (κ1) is 22.6. The summed E-state index contributed by atoms with van der Waals surface area (Å²) in [6.45, 7) is 0. The van der Waals surface area contributed by atoms with Crippen LogP contribution >= 0.6 is 0 Å². The molecule has 0 bridgehead atoms. The Labute approximate surface area is 178 Å². The van der Waals surface area contributed by atoms with Crippen molar-refractivity contribution in [2.45, 2.75) is 57.5 Å². The standard InChI is InChI=1S/C15H22O5.2Na.2H/c16-11-7-5-10(6-8-11)13(15(19)20)12(14(17)18)9-3-1-2-4-9;;;;/h9-11,16H,1-8H2,(H,17,18)(H,19,20);;;;/q;2*+1;2*-1/b13-12-;;;;. The van der Waals surface area contributed by atoms with Crippen molar-refractivity contribution in [2.24, 2.45) is 11.8 Å². The molecule has 5 nitrogen and oxygen atoms in total. The van der Waals surface area contributed by atoms with Crippen LogP contribution in [0.25, 0.3) is 0 Å². The predicted molar refractivity (Wildman–Crippen MR) is 74.4 cm³/mol. The van der Waals surface area contributed by atoms with Crippen molar-refractivity contribution in [3.8, 4) is 0 Å². The molecule has 0 aromatic heterocycles. The minimum atomic E-state index is -1.10. The van der Waals surface area contributed by atoms with Gasteiger partial charge in [0.15, 0.2) is 0 Å². The zero-order chi connectivity index (χ0) is 14.7. The minimum absolute atomic E-state index is 0. The maximum atomic E-state index is 11.6. The Bertz CT molecular complexity index is 432. The van der Waals surface area contributed by atoms with Gasteiger partial charge in [-0.1, -0.05) is 12.8 Å². The van der Waals surface area contributed by atoms with Gasteiger partial charge >= 0.3 is 71.1 Å². The van der Waals surface area contributed by atoms with Gasteiger partial charge < -0.3 is 18.2 Å². The van der Waals surface area contributed by atoms with Crippen LogP contribution in [0.2, 0.25) is 0 Å². The van der Waals surface area contributed by atoms with Crippen molar-refractivity contribution in [3.63, 3.8) is 0 Å². The second-order valence-corrected chi connectivity index (χ2v) is 5.92. The van der Waals surface area contributed by atoms with Crippen LogP contribution in [0, 0.1) is 11.8 Å². The molecular weight excluding hydrogens is 306 g/mol. The van der Waals surface area contributed by atoms with Gasteiger partial charge in [-0.25, -0.2) is 9.59 Å². The normalized spacial score (nSPS) is 26.4. The first-order valence-corrected chi connectivity index (χ1v) is 7.39. The molecule has 0 saturated heterocycles. The van der Waals surface area contributed by atoms with Crippen molar-refractivity contribution in [3.05, 3.63) is 11.1 Å².